The molecule has 0 aliphatic carbocycles. The molecule has 31 heavy (non-hydrogen) atoms. The molecule has 1 amide bonds. The first-order valence-electron chi connectivity index (χ1n) is 9.64. The highest BCUT2D eigenvalue weighted by molar-refractivity contribution is 9.10. The minimum Gasteiger partial charge on any atom is -0.342 e. The number of nitrogens with zero attached hydrogens (tertiary/aromatic N) is 3. The molecule has 3 rings (SSSR count). The maximum absolute atomic E-state index is 12.8. The zero-order chi connectivity index (χ0) is 22.5. The van der Waals surface area contributed by atoms with E-state index in [1.54, 1.807) is 36.4 Å². The molecule has 0 spiro atoms. The summed E-state index contributed by atoms with van der Waals surface area (Å²) < 4.78 is 2.74. The number of Topliss-reactive ketones (excluding diaryl/α,β-unsaturated/α-hetero) is 1. The van der Waals surface area contributed by atoms with Gasteiger partial charge in [0.15, 0.2) is 16.8 Å². The Bertz CT molecular complexity index is 1090. The molecule has 0 fully saturated rings. The van der Waals surface area contributed by atoms with E-state index in [1.807, 2.05) is 37.6 Å². The number of benzene rings is 2. The molecule has 0 saturated carbocycles. The lowest BCUT2D eigenvalue weighted by Crippen LogP contribution is -2.33. The summed E-state index contributed by atoms with van der Waals surface area (Å²) in [7, 11) is 1.83. The molecule has 1 atom stereocenters. The van der Waals surface area contributed by atoms with Gasteiger partial charge in [-0.25, -0.2) is 0 Å². The normalized spacial score (nSPS) is 12.1. The summed E-state index contributed by atoms with van der Waals surface area (Å²) in [6, 6.07) is 13.8. The molecular formula is C22H22BrClN4O2S. The molecule has 1 heterocycles. The standard InChI is InChI=1S/C22H22BrClN4O2S/c1-13(2)19(25-21(30)16-6-4-5-7-17(16)24)20-26-27-22(28(20)3)31-12-18(29)14-8-10-15(23)11-9-14/h4-11,13,19H,12H2,1-3H3,(H,25,30)/t19-/m0/s1. The number of ketones is 1. The van der Waals surface area contributed by atoms with Crippen LogP contribution < -0.4 is 5.32 Å². The van der Waals surface area contributed by atoms with E-state index in [0.717, 1.165) is 4.47 Å². The summed E-state index contributed by atoms with van der Waals surface area (Å²) in [5, 5.41) is 12.5. The lowest BCUT2D eigenvalue weighted by atomic mass is 10.0. The second-order valence-electron chi connectivity index (χ2n) is 7.29. The topological polar surface area (TPSA) is 76.9 Å². The van der Waals surface area contributed by atoms with E-state index in [4.69, 9.17) is 11.6 Å². The van der Waals surface area contributed by atoms with Crippen LogP contribution in [0.3, 0.4) is 0 Å². The number of aromatic nitrogens is 3. The zero-order valence-electron chi connectivity index (χ0n) is 17.3. The van der Waals surface area contributed by atoms with Gasteiger partial charge < -0.3 is 9.88 Å². The van der Waals surface area contributed by atoms with Crippen LogP contribution in [0.15, 0.2) is 58.2 Å². The number of amides is 1. The van der Waals surface area contributed by atoms with Crippen molar-refractivity contribution >= 4 is 51.0 Å². The fraction of sp³-hybridized carbons (Fsp3) is 0.273. The van der Waals surface area contributed by atoms with Crippen LogP contribution in [0.25, 0.3) is 0 Å². The Morgan fingerprint density at radius 1 is 1.13 bits per heavy atom. The molecule has 0 saturated heterocycles. The first kappa shape index (κ1) is 23.5. The summed E-state index contributed by atoms with van der Waals surface area (Å²) in [6.07, 6.45) is 0. The van der Waals surface area contributed by atoms with Crippen molar-refractivity contribution in [2.24, 2.45) is 13.0 Å². The summed E-state index contributed by atoms with van der Waals surface area (Å²) in [6.45, 7) is 3.99. The van der Waals surface area contributed by atoms with E-state index in [1.165, 1.54) is 11.8 Å². The Morgan fingerprint density at radius 3 is 2.45 bits per heavy atom. The number of hydrogen-bond acceptors (Lipinski definition) is 5. The van der Waals surface area contributed by atoms with Gasteiger partial charge in [0, 0.05) is 17.1 Å². The van der Waals surface area contributed by atoms with E-state index >= 15 is 0 Å². The second-order valence-corrected chi connectivity index (χ2v) is 9.56. The average molecular weight is 522 g/mol. The molecule has 0 aliphatic heterocycles. The number of nitrogens with one attached hydrogen (secondary N) is 1. The van der Waals surface area contributed by atoms with Gasteiger partial charge in [-0.05, 0) is 30.2 Å². The van der Waals surface area contributed by atoms with Crippen molar-refractivity contribution in [1.29, 1.82) is 0 Å². The Kier molecular flexibility index (Phi) is 7.91. The van der Waals surface area contributed by atoms with Gasteiger partial charge in [0.25, 0.3) is 5.91 Å². The zero-order valence-corrected chi connectivity index (χ0v) is 20.5. The fourth-order valence-electron chi connectivity index (χ4n) is 2.97. The maximum Gasteiger partial charge on any atom is 0.253 e. The molecule has 6 nitrogen and oxygen atoms in total. The van der Waals surface area contributed by atoms with Crippen molar-refractivity contribution in [3.8, 4) is 0 Å². The number of rotatable bonds is 8. The van der Waals surface area contributed by atoms with E-state index in [0.29, 0.717) is 27.1 Å². The van der Waals surface area contributed by atoms with E-state index in [2.05, 4.69) is 31.4 Å². The Balaban J connectivity index is 1.72. The summed E-state index contributed by atoms with van der Waals surface area (Å²) in [5.41, 5.74) is 1.05. The predicted octanol–water partition coefficient (Wildman–Crippen LogP) is 5.33. The highest BCUT2D eigenvalue weighted by atomic mass is 79.9. The molecule has 162 valence electrons. The highest BCUT2D eigenvalue weighted by Crippen LogP contribution is 2.26. The summed E-state index contributed by atoms with van der Waals surface area (Å²) in [4.78, 5) is 25.2. The van der Waals surface area contributed by atoms with E-state index < -0.39 is 0 Å². The van der Waals surface area contributed by atoms with Crippen LogP contribution in [0.1, 0.15) is 46.4 Å². The Hall–Kier alpha value is -2.16. The third kappa shape index (κ3) is 5.75. The van der Waals surface area contributed by atoms with Crippen molar-refractivity contribution in [3.05, 3.63) is 75.0 Å². The molecule has 9 heteroatoms. The van der Waals surface area contributed by atoms with Gasteiger partial charge in [-0.3, -0.25) is 9.59 Å². The number of carbonyl (C=O) groups is 2. The van der Waals surface area contributed by atoms with Gasteiger partial charge in [0.1, 0.15) is 0 Å². The van der Waals surface area contributed by atoms with Gasteiger partial charge in [-0.2, -0.15) is 0 Å². The number of carbonyl (C=O) groups excluding carboxylic acids is 2. The lowest BCUT2D eigenvalue weighted by Gasteiger charge is -2.22. The molecule has 0 aliphatic rings. The van der Waals surface area contributed by atoms with Crippen LogP contribution in [0.4, 0.5) is 0 Å². The maximum atomic E-state index is 12.8. The van der Waals surface area contributed by atoms with Gasteiger partial charge in [0.2, 0.25) is 0 Å². The van der Waals surface area contributed by atoms with Crippen molar-refractivity contribution in [1.82, 2.24) is 20.1 Å². The highest BCUT2D eigenvalue weighted by Gasteiger charge is 2.26. The largest absolute Gasteiger partial charge is 0.342 e. The molecule has 0 bridgehead atoms. The van der Waals surface area contributed by atoms with E-state index in [9.17, 15) is 9.59 Å². The van der Waals surface area contributed by atoms with Gasteiger partial charge in [-0.1, -0.05) is 77.4 Å². The number of hydrogen-bond donors (Lipinski definition) is 1. The molecule has 2 aromatic carbocycles. The SMILES string of the molecule is CC(C)[C@H](NC(=O)c1ccccc1Cl)c1nnc(SCC(=O)c2ccc(Br)cc2)n1C. The molecule has 1 aromatic heterocycles. The second kappa shape index (κ2) is 10.4. The smallest absolute Gasteiger partial charge is 0.253 e. The fourth-order valence-corrected chi connectivity index (χ4v) is 4.26. The third-order valence-electron chi connectivity index (χ3n) is 4.72. The third-order valence-corrected chi connectivity index (χ3v) is 6.60. The molecule has 0 radical (unpaired) electrons. The quantitative estimate of drug-likeness (QED) is 0.320. The van der Waals surface area contributed by atoms with Gasteiger partial charge in [0.05, 0.1) is 22.4 Å². The van der Waals surface area contributed by atoms with Gasteiger partial charge in [-0.15, -0.1) is 10.2 Å². The number of thioether (sulfide) groups is 1. The van der Waals surface area contributed by atoms with Crippen molar-refractivity contribution < 1.29 is 9.59 Å². The monoisotopic (exact) mass is 520 g/mol. The molecule has 0 unspecified atom stereocenters. The molecular weight excluding hydrogens is 500 g/mol. The first-order chi connectivity index (χ1) is 14.8. The van der Waals surface area contributed by atoms with Crippen LogP contribution in [-0.2, 0) is 7.05 Å². The minimum absolute atomic E-state index is 0.00878. The predicted molar refractivity (Wildman–Crippen MR) is 127 cm³/mol. The van der Waals surface area contributed by atoms with Crippen LogP contribution in [0, 0.1) is 5.92 Å². The van der Waals surface area contributed by atoms with Crippen LogP contribution in [-0.4, -0.2) is 32.2 Å². The van der Waals surface area contributed by atoms with Crippen LogP contribution in [0.5, 0.6) is 0 Å². The van der Waals surface area contributed by atoms with Gasteiger partial charge >= 0.3 is 0 Å². The molecule has 1 N–H and O–H groups in total. The minimum atomic E-state index is -0.363. The van der Waals surface area contributed by atoms with E-state index in [-0.39, 0.29) is 29.4 Å². The summed E-state index contributed by atoms with van der Waals surface area (Å²) in [5.74, 6) is 0.665. The van der Waals surface area contributed by atoms with Crippen LogP contribution in [0.2, 0.25) is 5.02 Å². The van der Waals surface area contributed by atoms with Crippen molar-refractivity contribution in [2.45, 2.75) is 25.0 Å². The summed E-state index contributed by atoms with van der Waals surface area (Å²) >= 11 is 10.8. The van der Waals surface area contributed by atoms with Crippen molar-refractivity contribution in [3.63, 3.8) is 0 Å². The lowest BCUT2D eigenvalue weighted by molar-refractivity contribution is 0.0921. The molecule has 3 aromatic rings. The number of halogens is 2. The Labute approximate surface area is 198 Å². The average Bonchev–Trinajstić information content (AvgIpc) is 3.10. The Morgan fingerprint density at radius 2 is 1.81 bits per heavy atom. The first-order valence-corrected chi connectivity index (χ1v) is 11.8. The van der Waals surface area contributed by atoms with Crippen LogP contribution >= 0.6 is 39.3 Å². The van der Waals surface area contributed by atoms with Crippen molar-refractivity contribution in [2.75, 3.05) is 5.75 Å².